The third kappa shape index (κ3) is 4.37. The second kappa shape index (κ2) is 8.67. The number of Topliss-reactive ketones (excluding diaryl/α,β-unsaturated/α-hetero) is 1. The van der Waals surface area contributed by atoms with Crippen LogP contribution in [-0.4, -0.2) is 39.4 Å². The van der Waals surface area contributed by atoms with E-state index in [-0.39, 0.29) is 12.4 Å². The zero-order chi connectivity index (χ0) is 20.1. The summed E-state index contributed by atoms with van der Waals surface area (Å²) in [6.45, 7) is -0.339. The monoisotopic (exact) mass is 404 g/mol. The highest BCUT2D eigenvalue weighted by atomic mass is 35.5. The Bertz CT molecular complexity index is 936. The fourth-order valence-electron chi connectivity index (χ4n) is 2.54. The van der Waals surface area contributed by atoms with E-state index in [0.717, 1.165) is 0 Å². The van der Waals surface area contributed by atoms with Gasteiger partial charge in [-0.05, 0) is 42.0 Å². The Morgan fingerprint density at radius 3 is 2.71 bits per heavy atom. The van der Waals surface area contributed by atoms with Crippen LogP contribution in [0.2, 0.25) is 5.02 Å². The molecule has 146 valence electrons. The summed E-state index contributed by atoms with van der Waals surface area (Å²) in [4.78, 5) is 24.3. The lowest BCUT2D eigenvalue weighted by Gasteiger charge is -2.09. The first-order chi connectivity index (χ1) is 13.5. The second-order valence-corrected chi connectivity index (χ2v) is 6.07. The second-order valence-electron chi connectivity index (χ2n) is 5.67. The Labute approximate surface area is 166 Å². The van der Waals surface area contributed by atoms with Crippen molar-refractivity contribution in [3.63, 3.8) is 0 Å². The molecule has 0 aliphatic carbocycles. The summed E-state index contributed by atoms with van der Waals surface area (Å²) in [7, 11) is 2.94. The molecular formula is C20H17ClO7. The molecule has 0 saturated heterocycles. The molecule has 7 nitrogen and oxygen atoms in total. The van der Waals surface area contributed by atoms with E-state index in [1.54, 1.807) is 24.3 Å². The molecular weight excluding hydrogens is 388 g/mol. The molecule has 1 aliphatic rings. The average molecular weight is 405 g/mol. The van der Waals surface area contributed by atoms with Gasteiger partial charge >= 0.3 is 5.97 Å². The number of ketones is 1. The van der Waals surface area contributed by atoms with E-state index in [9.17, 15) is 9.59 Å². The van der Waals surface area contributed by atoms with Gasteiger partial charge in [-0.2, -0.15) is 0 Å². The quantitative estimate of drug-likeness (QED) is 0.396. The Kier molecular flexibility index (Phi) is 6.06. The summed E-state index contributed by atoms with van der Waals surface area (Å²) in [5, 5.41) is 0.378. The minimum Gasteiger partial charge on any atom is -0.497 e. The minimum absolute atomic E-state index is 0.0973. The lowest BCUT2D eigenvalue weighted by molar-refractivity contribution is -0.136. The van der Waals surface area contributed by atoms with Gasteiger partial charge in [-0.3, -0.25) is 4.79 Å². The molecule has 0 N–H and O–H groups in total. The number of ether oxygens (including phenoxy) is 5. The van der Waals surface area contributed by atoms with Crippen LogP contribution < -0.4 is 18.9 Å². The van der Waals surface area contributed by atoms with Crippen molar-refractivity contribution in [3.8, 4) is 23.0 Å². The first-order valence-electron chi connectivity index (χ1n) is 8.21. The summed E-state index contributed by atoms with van der Waals surface area (Å²) < 4.78 is 25.8. The van der Waals surface area contributed by atoms with Crippen LogP contribution in [0.4, 0.5) is 0 Å². The minimum atomic E-state index is -0.677. The zero-order valence-corrected chi connectivity index (χ0v) is 15.9. The number of rotatable bonds is 7. The SMILES string of the molecule is COc1ccc(OC)c(C(=O)COC(=O)/C=C/c2cc(Cl)c3c(c2)OCO3)c1. The highest BCUT2D eigenvalue weighted by Gasteiger charge is 2.18. The van der Waals surface area contributed by atoms with E-state index in [4.69, 9.17) is 35.3 Å². The van der Waals surface area contributed by atoms with Crippen LogP contribution in [0.25, 0.3) is 6.08 Å². The Balaban J connectivity index is 1.62. The number of carbonyl (C=O) groups excluding carboxylic acids is 2. The number of esters is 1. The molecule has 0 atom stereocenters. The van der Waals surface area contributed by atoms with Gasteiger partial charge in [-0.25, -0.2) is 4.79 Å². The first kappa shape index (κ1) is 19.6. The Hall–Kier alpha value is -3.19. The Morgan fingerprint density at radius 2 is 1.96 bits per heavy atom. The van der Waals surface area contributed by atoms with E-state index >= 15 is 0 Å². The summed E-state index contributed by atoms with van der Waals surface area (Å²) in [6.07, 6.45) is 2.71. The van der Waals surface area contributed by atoms with Crippen molar-refractivity contribution in [3.05, 3.63) is 52.6 Å². The van der Waals surface area contributed by atoms with Gasteiger partial charge in [0.1, 0.15) is 11.5 Å². The van der Waals surface area contributed by atoms with Gasteiger partial charge in [0.25, 0.3) is 0 Å². The molecule has 1 aliphatic heterocycles. The molecule has 28 heavy (non-hydrogen) atoms. The van der Waals surface area contributed by atoms with Gasteiger partial charge < -0.3 is 23.7 Å². The van der Waals surface area contributed by atoms with Crippen LogP contribution in [0.1, 0.15) is 15.9 Å². The predicted octanol–water partition coefficient (Wildman–Crippen LogP) is 3.53. The topological polar surface area (TPSA) is 80.3 Å². The summed E-state index contributed by atoms with van der Waals surface area (Å²) >= 11 is 6.09. The van der Waals surface area contributed by atoms with Crippen LogP contribution in [0.3, 0.4) is 0 Å². The van der Waals surface area contributed by atoms with Crippen molar-refractivity contribution in [1.29, 1.82) is 0 Å². The highest BCUT2D eigenvalue weighted by Crippen LogP contribution is 2.40. The van der Waals surface area contributed by atoms with Crippen LogP contribution in [0, 0.1) is 0 Å². The fraction of sp³-hybridized carbons (Fsp3) is 0.200. The molecule has 1 heterocycles. The summed E-state index contributed by atoms with van der Waals surface area (Å²) in [5.74, 6) is 0.745. The van der Waals surface area contributed by atoms with Crippen molar-refractivity contribution in [1.82, 2.24) is 0 Å². The largest absolute Gasteiger partial charge is 0.497 e. The van der Waals surface area contributed by atoms with Gasteiger partial charge in [0, 0.05) is 6.08 Å². The lowest BCUT2D eigenvalue weighted by Crippen LogP contribution is -2.13. The smallest absolute Gasteiger partial charge is 0.331 e. The van der Waals surface area contributed by atoms with Crippen molar-refractivity contribution < 1.29 is 33.3 Å². The molecule has 0 spiro atoms. The molecule has 0 aromatic heterocycles. The molecule has 0 bridgehead atoms. The third-order valence-electron chi connectivity index (χ3n) is 3.91. The van der Waals surface area contributed by atoms with Crippen molar-refractivity contribution in [2.75, 3.05) is 27.6 Å². The molecule has 3 rings (SSSR count). The van der Waals surface area contributed by atoms with Gasteiger partial charge in [-0.1, -0.05) is 11.6 Å². The molecule has 0 fully saturated rings. The van der Waals surface area contributed by atoms with Crippen molar-refractivity contribution in [2.24, 2.45) is 0 Å². The maximum absolute atomic E-state index is 12.4. The standard InChI is InChI=1S/C20H17ClO7/c1-24-13-4-5-17(25-2)14(9-13)16(22)10-26-19(23)6-3-12-7-15(21)20-18(8-12)27-11-28-20/h3-9H,10-11H2,1-2H3/b6-3+. The number of fused-ring (bicyclic) bond motifs is 1. The van der Waals surface area contributed by atoms with Gasteiger partial charge in [0.15, 0.2) is 18.1 Å². The fourth-order valence-corrected chi connectivity index (χ4v) is 2.82. The van der Waals surface area contributed by atoms with E-state index in [1.807, 2.05) is 0 Å². The van der Waals surface area contributed by atoms with E-state index in [0.29, 0.717) is 33.6 Å². The normalized spacial score (nSPS) is 12.1. The molecule has 0 radical (unpaired) electrons. The number of hydrogen-bond donors (Lipinski definition) is 0. The maximum atomic E-state index is 12.4. The average Bonchev–Trinajstić information content (AvgIpc) is 3.19. The first-order valence-corrected chi connectivity index (χ1v) is 8.59. The van der Waals surface area contributed by atoms with Crippen molar-refractivity contribution in [2.45, 2.75) is 0 Å². The van der Waals surface area contributed by atoms with Crippen LogP contribution >= 0.6 is 11.6 Å². The summed E-state index contributed by atoms with van der Waals surface area (Å²) in [5.41, 5.74) is 0.896. The number of halogens is 1. The highest BCUT2D eigenvalue weighted by molar-refractivity contribution is 6.32. The molecule has 0 unspecified atom stereocenters. The molecule has 0 amide bonds. The van der Waals surface area contributed by atoms with Crippen molar-refractivity contribution >= 4 is 29.4 Å². The Morgan fingerprint density at radius 1 is 1.14 bits per heavy atom. The predicted molar refractivity (Wildman–Crippen MR) is 101 cm³/mol. The molecule has 0 saturated carbocycles. The van der Waals surface area contributed by atoms with E-state index in [1.165, 1.54) is 32.4 Å². The lowest BCUT2D eigenvalue weighted by atomic mass is 10.1. The number of hydrogen-bond acceptors (Lipinski definition) is 7. The van der Waals surface area contributed by atoms with E-state index < -0.39 is 18.4 Å². The molecule has 2 aromatic rings. The van der Waals surface area contributed by atoms with Gasteiger partial charge in [-0.15, -0.1) is 0 Å². The summed E-state index contributed by atoms with van der Waals surface area (Å²) in [6, 6.07) is 8.12. The molecule has 2 aromatic carbocycles. The van der Waals surface area contributed by atoms with Crippen LogP contribution in [0.15, 0.2) is 36.4 Å². The third-order valence-corrected chi connectivity index (χ3v) is 4.19. The maximum Gasteiger partial charge on any atom is 0.331 e. The molecule has 8 heteroatoms. The number of benzene rings is 2. The van der Waals surface area contributed by atoms with Gasteiger partial charge in [0.2, 0.25) is 12.6 Å². The van der Waals surface area contributed by atoms with Crippen LogP contribution in [0.5, 0.6) is 23.0 Å². The van der Waals surface area contributed by atoms with E-state index in [2.05, 4.69) is 0 Å². The van der Waals surface area contributed by atoms with Crippen LogP contribution in [-0.2, 0) is 9.53 Å². The zero-order valence-electron chi connectivity index (χ0n) is 15.2. The van der Waals surface area contributed by atoms with Gasteiger partial charge in [0.05, 0.1) is 24.8 Å². The number of carbonyl (C=O) groups is 2. The number of methoxy groups -OCH3 is 2.